The van der Waals surface area contributed by atoms with Gasteiger partial charge in [-0.05, 0) is 13.8 Å². The van der Waals surface area contributed by atoms with Crippen LogP contribution in [0, 0.1) is 13.8 Å². The quantitative estimate of drug-likeness (QED) is 0.815. The van der Waals surface area contributed by atoms with Crippen LogP contribution in [0.1, 0.15) is 33.1 Å². The second kappa shape index (κ2) is 5.86. The van der Waals surface area contributed by atoms with Crippen molar-refractivity contribution in [2.24, 2.45) is 0 Å². The fourth-order valence-electron chi connectivity index (χ4n) is 3.15. The molecule has 0 radical (unpaired) electrons. The molecule has 4 rings (SSSR count). The Morgan fingerprint density at radius 2 is 2.00 bits per heavy atom. The van der Waals surface area contributed by atoms with Crippen molar-refractivity contribution in [1.29, 1.82) is 0 Å². The Morgan fingerprint density at radius 1 is 1.21 bits per heavy atom. The van der Waals surface area contributed by atoms with Gasteiger partial charge in [0.2, 0.25) is 5.95 Å². The van der Waals surface area contributed by atoms with Crippen LogP contribution in [0.25, 0.3) is 0 Å². The molecule has 1 fully saturated rings. The van der Waals surface area contributed by atoms with Crippen molar-refractivity contribution in [3.63, 3.8) is 0 Å². The summed E-state index contributed by atoms with van der Waals surface area (Å²) in [5.74, 6) is 1.19. The molecule has 2 aliphatic heterocycles. The zero-order chi connectivity index (χ0) is 16.7. The number of fused-ring (bicyclic) bond motifs is 1. The van der Waals surface area contributed by atoms with Crippen molar-refractivity contribution in [3.8, 4) is 0 Å². The molecule has 1 amide bonds. The standard InChI is InChI=1S/C16H19N5O3/c1-10-14(11(2)24-19-10)15(22)21-8-12-7-17-16(18-13(12)9-21)20-3-5-23-6-4-20/h7H,3-6,8-9H2,1-2H3. The number of carbonyl (C=O) groups is 1. The van der Waals surface area contributed by atoms with E-state index in [1.165, 1.54) is 0 Å². The first-order chi connectivity index (χ1) is 11.6. The summed E-state index contributed by atoms with van der Waals surface area (Å²) in [5, 5.41) is 3.86. The second-order valence-corrected chi connectivity index (χ2v) is 6.10. The topological polar surface area (TPSA) is 84.6 Å². The number of morpholine rings is 1. The van der Waals surface area contributed by atoms with E-state index >= 15 is 0 Å². The SMILES string of the molecule is Cc1noc(C)c1C(=O)N1Cc2cnc(N3CCOCC3)nc2C1. The Bertz CT molecular complexity index is 763. The Labute approximate surface area is 139 Å². The van der Waals surface area contributed by atoms with Gasteiger partial charge in [-0.2, -0.15) is 0 Å². The molecule has 2 aromatic heterocycles. The van der Waals surface area contributed by atoms with Gasteiger partial charge in [-0.1, -0.05) is 5.16 Å². The molecule has 2 aliphatic rings. The number of amides is 1. The van der Waals surface area contributed by atoms with Crippen LogP contribution in [0.15, 0.2) is 10.7 Å². The third-order valence-electron chi connectivity index (χ3n) is 4.47. The van der Waals surface area contributed by atoms with Crippen molar-refractivity contribution < 1.29 is 14.1 Å². The Kier molecular flexibility index (Phi) is 3.68. The van der Waals surface area contributed by atoms with Gasteiger partial charge in [-0.15, -0.1) is 0 Å². The maximum absolute atomic E-state index is 12.8. The summed E-state index contributed by atoms with van der Waals surface area (Å²) in [6.07, 6.45) is 1.83. The molecule has 1 saturated heterocycles. The summed E-state index contributed by atoms with van der Waals surface area (Å²) in [4.78, 5) is 25.7. The molecular formula is C16H19N5O3. The van der Waals surface area contributed by atoms with E-state index in [2.05, 4.69) is 20.0 Å². The lowest BCUT2D eigenvalue weighted by Crippen LogP contribution is -2.37. The van der Waals surface area contributed by atoms with E-state index in [1.807, 2.05) is 6.20 Å². The molecule has 8 nitrogen and oxygen atoms in total. The molecule has 0 saturated carbocycles. The van der Waals surface area contributed by atoms with Crippen molar-refractivity contribution in [2.45, 2.75) is 26.9 Å². The summed E-state index contributed by atoms with van der Waals surface area (Å²) in [6.45, 7) is 7.50. The van der Waals surface area contributed by atoms with E-state index in [4.69, 9.17) is 9.26 Å². The van der Waals surface area contributed by atoms with E-state index in [-0.39, 0.29) is 5.91 Å². The molecule has 24 heavy (non-hydrogen) atoms. The van der Waals surface area contributed by atoms with Gasteiger partial charge in [0, 0.05) is 31.4 Å². The molecule has 126 valence electrons. The number of aromatic nitrogens is 3. The molecular weight excluding hydrogens is 310 g/mol. The summed E-state index contributed by atoms with van der Waals surface area (Å²) in [6, 6.07) is 0. The highest BCUT2D eigenvalue weighted by atomic mass is 16.5. The van der Waals surface area contributed by atoms with Crippen molar-refractivity contribution in [1.82, 2.24) is 20.0 Å². The van der Waals surface area contributed by atoms with Crippen LogP contribution in [0.2, 0.25) is 0 Å². The number of carbonyl (C=O) groups excluding carboxylic acids is 1. The Balaban J connectivity index is 1.54. The van der Waals surface area contributed by atoms with Gasteiger partial charge in [-0.25, -0.2) is 9.97 Å². The summed E-state index contributed by atoms with van der Waals surface area (Å²) in [7, 11) is 0. The van der Waals surface area contributed by atoms with Crippen LogP contribution in [0.5, 0.6) is 0 Å². The summed E-state index contributed by atoms with van der Waals surface area (Å²) >= 11 is 0. The number of anilines is 1. The highest BCUT2D eigenvalue weighted by Crippen LogP contribution is 2.26. The fourth-order valence-corrected chi connectivity index (χ4v) is 3.15. The van der Waals surface area contributed by atoms with Crippen LogP contribution in [0.3, 0.4) is 0 Å². The molecule has 0 aliphatic carbocycles. The molecule has 0 atom stereocenters. The lowest BCUT2D eigenvalue weighted by atomic mass is 10.2. The number of rotatable bonds is 2. The first-order valence-electron chi connectivity index (χ1n) is 8.03. The molecule has 0 unspecified atom stereocenters. The smallest absolute Gasteiger partial charge is 0.260 e. The zero-order valence-corrected chi connectivity index (χ0v) is 13.8. The number of hydrogen-bond donors (Lipinski definition) is 0. The zero-order valence-electron chi connectivity index (χ0n) is 13.8. The summed E-state index contributed by atoms with van der Waals surface area (Å²) < 4.78 is 10.5. The molecule has 8 heteroatoms. The van der Waals surface area contributed by atoms with Gasteiger partial charge < -0.3 is 19.1 Å². The maximum Gasteiger partial charge on any atom is 0.260 e. The minimum absolute atomic E-state index is 0.0721. The van der Waals surface area contributed by atoms with Crippen molar-refractivity contribution >= 4 is 11.9 Å². The van der Waals surface area contributed by atoms with Crippen molar-refractivity contribution in [2.75, 3.05) is 31.2 Å². The highest BCUT2D eigenvalue weighted by molar-refractivity contribution is 5.96. The Morgan fingerprint density at radius 3 is 2.71 bits per heavy atom. The fraction of sp³-hybridized carbons (Fsp3) is 0.500. The molecule has 0 N–H and O–H groups in total. The molecule has 4 heterocycles. The largest absolute Gasteiger partial charge is 0.378 e. The molecule has 0 aromatic carbocycles. The number of nitrogens with zero attached hydrogens (tertiary/aromatic N) is 5. The third-order valence-corrected chi connectivity index (χ3v) is 4.47. The average Bonchev–Trinajstić information content (AvgIpc) is 3.18. The molecule has 2 aromatic rings. The second-order valence-electron chi connectivity index (χ2n) is 6.10. The van der Waals surface area contributed by atoms with E-state index < -0.39 is 0 Å². The van der Waals surface area contributed by atoms with Crippen LogP contribution in [0.4, 0.5) is 5.95 Å². The first kappa shape index (κ1) is 15.1. The van der Waals surface area contributed by atoms with Gasteiger partial charge in [0.05, 0.1) is 31.1 Å². The molecule has 0 bridgehead atoms. The van der Waals surface area contributed by atoms with Crippen molar-refractivity contribution in [3.05, 3.63) is 34.5 Å². The minimum atomic E-state index is -0.0721. The van der Waals surface area contributed by atoms with Crippen LogP contribution >= 0.6 is 0 Å². The van der Waals surface area contributed by atoms with Gasteiger partial charge in [0.1, 0.15) is 11.3 Å². The van der Waals surface area contributed by atoms with Crippen LogP contribution in [-0.2, 0) is 17.8 Å². The van der Waals surface area contributed by atoms with Crippen LogP contribution in [-0.4, -0.2) is 52.2 Å². The van der Waals surface area contributed by atoms with E-state index in [0.29, 0.717) is 49.3 Å². The molecule has 0 spiro atoms. The normalized spacial score (nSPS) is 17.2. The van der Waals surface area contributed by atoms with Gasteiger partial charge in [0.15, 0.2) is 0 Å². The lowest BCUT2D eigenvalue weighted by Gasteiger charge is -2.26. The Hall–Kier alpha value is -2.48. The maximum atomic E-state index is 12.8. The predicted octanol–water partition coefficient (Wildman–Crippen LogP) is 1.07. The summed E-state index contributed by atoms with van der Waals surface area (Å²) in [5.41, 5.74) is 3.07. The predicted molar refractivity (Wildman–Crippen MR) is 84.6 cm³/mol. The van der Waals surface area contributed by atoms with E-state index in [0.717, 1.165) is 24.3 Å². The van der Waals surface area contributed by atoms with E-state index in [1.54, 1.807) is 18.7 Å². The van der Waals surface area contributed by atoms with Gasteiger partial charge in [-0.3, -0.25) is 4.79 Å². The van der Waals surface area contributed by atoms with Gasteiger partial charge >= 0.3 is 0 Å². The van der Waals surface area contributed by atoms with E-state index in [9.17, 15) is 4.79 Å². The lowest BCUT2D eigenvalue weighted by molar-refractivity contribution is 0.0748. The number of hydrogen-bond acceptors (Lipinski definition) is 7. The first-order valence-corrected chi connectivity index (χ1v) is 8.03. The average molecular weight is 329 g/mol. The minimum Gasteiger partial charge on any atom is -0.378 e. The van der Waals surface area contributed by atoms with Crippen LogP contribution < -0.4 is 4.90 Å². The number of ether oxygens (including phenoxy) is 1. The highest BCUT2D eigenvalue weighted by Gasteiger charge is 2.30. The number of aryl methyl sites for hydroxylation is 2. The monoisotopic (exact) mass is 329 g/mol. The van der Waals surface area contributed by atoms with Gasteiger partial charge in [0.25, 0.3) is 5.91 Å². The third kappa shape index (κ3) is 2.52.